The zero-order valence-corrected chi connectivity index (χ0v) is 19.2. The van der Waals surface area contributed by atoms with Gasteiger partial charge in [0.1, 0.15) is 11.5 Å². The molecule has 0 aliphatic carbocycles. The van der Waals surface area contributed by atoms with E-state index in [1.54, 1.807) is 14.2 Å². The maximum atomic E-state index is 11.7. The Morgan fingerprint density at radius 3 is 1.82 bits per heavy atom. The molecule has 1 unspecified atom stereocenters. The second-order valence-corrected chi connectivity index (χ2v) is 8.22. The van der Waals surface area contributed by atoms with E-state index in [0.717, 1.165) is 56.3 Å². The maximum absolute atomic E-state index is 11.7. The Labute approximate surface area is 197 Å². The van der Waals surface area contributed by atoms with Gasteiger partial charge in [0.15, 0.2) is 0 Å². The van der Waals surface area contributed by atoms with E-state index >= 15 is 0 Å². The fraction of sp³-hybridized carbons (Fsp3) is 0.185. The van der Waals surface area contributed by atoms with Crippen molar-refractivity contribution in [1.82, 2.24) is 15.4 Å². The van der Waals surface area contributed by atoms with E-state index in [1.807, 2.05) is 73.7 Å². The number of carbonyl (C=O) groups excluding carboxylic acids is 1. The zero-order valence-electron chi connectivity index (χ0n) is 19.2. The predicted molar refractivity (Wildman–Crippen MR) is 132 cm³/mol. The van der Waals surface area contributed by atoms with Gasteiger partial charge in [-0.15, -0.1) is 0 Å². The zero-order chi connectivity index (χ0) is 23.7. The summed E-state index contributed by atoms with van der Waals surface area (Å²) in [6, 6.07) is 21.5. The summed E-state index contributed by atoms with van der Waals surface area (Å²) < 4.78 is 10.6. The summed E-state index contributed by atoms with van der Waals surface area (Å²) in [7, 11) is 3.29. The summed E-state index contributed by atoms with van der Waals surface area (Å²) in [5.74, 6) is 1.52. The second-order valence-electron chi connectivity index (χ2n) is 8.22. The number of benzene rings is 3. The van der Waals surface area contributed by atoms with Crippen molar-refractivity contribution in [1.29, 1.82) is 0 Å². The molecular formula is C27H24N4O3. The van der Waals surface area contributed by atoms with Gasteiger partial charge >= 0.3 is 0 Å². The van der Waals surface area contributed by atoms with E-state index < -0.39 is 0 Å². The third-order valence-corrected chi connectivity index (χ3v) is 5.95. The SMILES string of the molecule is COc1ccc(-c2nc3ccc(C4=NNC(=O)CC4C)cc3nc2-c2ccc(OC)cc2)cc1. The van der Waals surface area contributed by atoms with E-state index in [1.165, 1.54) is 0 Å². The van der Waals surface area contributed by atoms with Crippen LogP contribution < -0.4 is 14.9 Å². The topological polar surface area (TPSA) is 85.7 Å². The smallest absolute Gasteiger partial charge is 0.240 e. The number of amides is 1. The van der Waals surface area contributed by atoms with Crippen LogP contribution in [0.1, 0.15) is 18.9 Å². The van der Waals surface area contributed by atoms with Gasteiger partial charge in [0.05, 0.1) is 42.4 Å². The van der Waals surface area contributed by atoms with E-state index in [4.69, 9.17) is 19.4 Å². The first-order chi connectivity index (χ1) is 16.6. The number of rotatable bonds is 5. The van der Waals surface area contributed by atoms with Gasteiger partial charge in [-0.05, 0) is 60.7 Å². The van der Waals surface area contributed by atoms with Gasteiger partial charge in [-0.3, -0.25) is 4.79 Å². The minimum absolute atomic E-state index is 0.0267. The average Bonchev–Trinajstić information content (AvgIpc) is 2.88. The highest BCUT2D eigenvalue weighted by Crippen LogP contribution is 2.33. The number of hydrazone groups is 1. The van der Waals surface area contributed by atoms with Crippen molar-refractivity contribution in [2.75, 3.05) is 14.2 Å². The molecule has 1 N–H and O–H groups in total. The number of carbonyl (C=O) groups is 1. The number of nitrogens with zero attached hydrogens (tertiary/aromatic N) is 3. The first-order valence-electron chi connectivity index (χ1n) is 11.0. The highest BCUT2D eigenvalue weighted by molar-refractivity contribution is 6.07. The van der Waals surface area contributed by atoms with Crippen LogP contribution >= 0.6 is 0 Å². The fourth-order valence-corrected chi connectivity index (χ4v) is 4.12. The molecule has 4 aromatic rings. The van der Waals surface area contributed by atoms with E-state index in [-0.39, 0.29) is 11.8 Å². The van der Waals surface area contributed by atoms with Gasteiger partial charge in [0.25, 0.3) is 0 Å². The fourth-order valence-electron chi connectivity index (χ4n) is 4.12. The van der Waals surface area contributed by atoms with Crippen molar-refractivity contribution < 1.29 is 14.3 Å². The summed E-state index contributed by atoms with van der Waals surface area (Å²) in [4.78, 5) is 21.7. The Morgan fingerprint density at radius 2 is 1.29 bits per heavy atom. The van der Waals surface area contributed by atoms with Gasteiger partial charge in [-0.25, -0.2) is 15.4 Å². The van der Waals surface area contributed by atoms with Crippen LogP contribution in [0.2, 0.25) is 0 Å². The lowest BCUT2D eigenvalue weighted by Gasteiger charge is -2.19. The minimum atomic E-state index is -0.0669. The Morgan fingerprint density at radius 1 is 0.765 bits per heavy atom. The number of fused-ring (bicyclic) bond motifs is 1. The third-order valence-electron chi connectivity index (χ3n) is 5.95. The first-order valence-corrected chi connectivity index (χ1v) is 11.0. The average molecular weight is 453 g/mol. The third kappa shape index (κ3) is 4.08. The van der Waals surface area contributed by atoms with Crippen LogP contribution in [-0.4, -0.2) is 35.8 Å². The highest BCUT2D eigenvalue weighted by atomic mass is 16.5. The summed E-state index contributed by atoms with van der Waals surface area (Å²) in [6.45, 7) is 2.00. The van der Waals surface area contributed by atoms with Crippen LogP contribution in [0.4, 0.5) is 0 Å². The lowest BCUT2D eigenvalue weighted by atomic mass is 9.94. The second kappa shape index (κ2) is 8.94. The largest absolute Gasteiger partial charge is 0.497 e. The molecule has 0 bridgehead atoms. The molecule has 170 valence electrons. The standard InChI is InChI=1S/C27H24N4O3/c1-16-14-24(32)30-31-25(16)19-8-13-22-23(15-19)29-27(18-6-11-21(34-3)12-7-18)26(28-22)17-4-9-20(33-2)10-5-17/h4-13,15-16H,14H2,1-3H3,(H,30,32). The number of hydrogen-bond acceptors (Lipinski definition) is 6. The number of hydrogen-bond donors (Lipinski definition) is 1. The van der Waals surface area contributed by atoms with Crippen molar-refractivity contribution >= 4 is 22.7 Å². The summed E-state index contributed by atoms with van der Waals surface area (Å²) in [5, 5.41) is 4.29. The molecule has 1 aliphatic rings. The molecule has 0 saturated heterocycles. The monoisotopic (exact) mass is 452 g/mol. The Balaban J connectivity index is 1.67. The quantitative estimate of drug-likeness (QED) is 0.468. The Bertz CT molecular complexity index is 1400. The van der Waals surface area contributed by atoms with Crippen LogP contribution in [0.5, 0.6) is 11.5 Å². The van der Waals surface area contributed by atoms with Crippen LogP contribution in [-0.2, 0) is 4.79 Å². The number of nitrogens with one attached hydrogen (secondary N) is 1. The van der Waals surface area contributed by atoms with Gasteiger partial charge in [-0.2, -0.15) is 5.10 Å². The summed E-state index contributed by atoms with van der Waals surface area (Å²) >= 11 is 0. The first kappa shape index (κ1) is 21.6. The van der Waals surface area contributed by atoms with Gasteiger partial charge in [-0.1, -0.05) is 13.0 Å². The molecule has 1 aromatic heterocycles. The molecule has 2 heterocycles. The molecule has 0 fully saturated rings. The number of aromatic nitrogens is 2. The summed E-state index contributed by atoms with van der Waals surface area (Å²) in [6.07, 6.45) is 0.413. The molecule has 3 aromatic carbocycles. The number of methoxy groups -OCH3 is 2. The molecule has 1 amide bonds. The molecule has 0 spiro atoms. The molecule has 1 atom stereocenters. The molecule has 1 aliphatic heterocycles. The Hall–Kier alpha value is -4.26. The Kier molecular flexibility index (Phi) is 5.67. The predicted octanol–water partition coefficient (Wildman–Crippen LogP) is 4.84. The maximum Gasteiger partial charge on any atom is 0.240 e. The highest BCUT2D eigenvalue weighted by Gasteiger charge is 2.22. The van der Waals surface area contributed by atoms with Gasteiger partial charge in [0, 0.05) is 29.0 Å². The van der Waals surface area contributed by atoms with E-state index in [0.29, 0.717) is 6.42 Å². The van der Waals surface area contributed by atoms with Crippen molar-refractivity contribution in [3.8, 4) is 34.0 Å². The molecule has 34 heavy (non-hydrogen) atoms. The van der Waals surface area contributed by atoms with Crippen LogP contribution in [0.25, 0.3) is 33.5 Å². The van der Waals surface area contributed by atoms with E-state index in [2.05, 4.69) is 10.5 Å². The normalized spacial score (nSPS) is 15.6. The summed E-state index contributed by atoms with van der Waals surface area (Å²) in [5.41, 5.74) is 9.31. The molecule has 0 radical (unpaired) electrons. The van der Waals surface area contributed by atoms with E-state index in [9.17, 15) is 4.79 Å². The minimum Gasteiger partial charge on any atom is -0.497 e. The molecule has 5 rings (SSSR count). The van der Waals surface area contributed by atoms with Crippen molar-refractivity contribution in [2.24, 2.45) is 11.0 Å². The van der Waals surface area contributed by atoms with Gasteiger partial charge < -0.3 is 9.47 Å². The molecule has 7 nitrogen and oxygen atoms in total. The van der Waals surface area contributed by atoms with Crippen LogP contribution in [0.15, 0.2) is 71.8 Å². The lowest BCUT2D eigenvalue weighted by molar-refractivity contribution is -0.121. The van der Waals surface area contributed by atoms with Crippen molar-refractivity contribution in [2.45, 2.75) is 13.3 Å². The van der Waals surface area contributed by atoms with Crippen molar-refractivity contribution in [3.05, 3.63) is 72.3 Å². The molecule has 0 saturated carbocycles. The lowest BCUT2D eigenvalue weighted by Crippen LogP contribution is -2.31. The van der Waals surface area contributed by atoms with Crippen molar-refractivity contribution in [3.63, 3.8) is 0 Å². The molecule has 7 heteroatoms. The number of ether oxygens (including phenoxy) is 2. The molecular weight excluding hydrogens is 428 g/mol. The van der Waals surface area contributed by atoms with Gasteiger partial charge in [0.2, 0.25) is 5.91 Å². The van der Waals surface area contributed by atoms with Crippen LogP contribution in [0, 0.1) is 5.92 Å². The van der Waals surface area contributed by atoms with Crippen LogP contribution in [0.3, 0.4) is 0 Å².